The lowest BCUT2D eigenvalue weighted by Crippen LogP contribution is -2.39. The summed E-state index contributed by atoms with van der Waals surface area (Å²) in [6, 6.07) is 7.11. The number of benzene rings is 1. The number of alkyl halides is 3. The molecule has 2 aromatic rings. The van der Waals surface area contributed by atoms with Crippen molar-refractivity contribution in [1.29, 1.82) is 0 Å². The van der Waals surface area contributed by atoms with Gasteiger partial charge in [0.15, 0.2) is 11.9 Å². The number of hydrogen-bond acceptors (Lipinski definition) is 6. The molecule has 1 amide bonds. The predicted molar refractivity (Wildman–Crippen MR) is 78.7 cm³/mol. The first-order valence-electron chi connectivity index (χ1n) is 7.31. The molecule has 0 fully saturated rings. The molecule has 1 heterocycles. The lowest BCUT2D eigenvalue weighted by atomic mass is 10.2. The van der Waals surface area contributed by atoms with Crippen molar-refractivity contribution < 1.29 is 32.3 Å². The molecule has 10 heteroatoms. The van der Waals surface area contributed by atoms with E-state index < -0.39 is 24.1 Å². The lowest BCUT2D eigenvalue weighted by Gasteiger charge is -2.13. The third-order valence-corrected chi connectivity index (χ3v) is 3.15. The summed E-state index contributed by atoms with van der Waals surface area (Å²) in [5.41, 5.74) is 0.854. The van der Waals surface area contributed by atoms with Gasteiger partial charge in [-0.3, -0.25) is 4.79 Å². The molecule has 1 aromatic carbocycles. The summed E-state index contributed by atoms with van der Waals surface area (Å²) in [5.74, 6) is -1.81. The van der Waals surface area contributed by atoms with Gasteiger partial charge in [0.1, 0.15) is 12.4 Å². The van der Waals surface area contributed by atoms with E-state index in [-0.39, 0.29) is 25.4 Å². The Morgan fingerprint density at radius 3 is 2.76 bits per heavy atom. The van der Waals surface area contributed by atoms with Gasteiger partial charge in [0.05, 0.1) is 0 Å². The minimum absolute atomic E-state index is 0.0584. The number of carbonyl (C=O) groups is 1. The lowest BCUT2D eigenvalue weighted by molar-refractivity contribution is -0.159. The maximum atomic E-state index is 12.3. The Morgan fingerprint density at radius 1 is 1.40 bits per heavy atom. The maximum Gasteiger partial charge on any atom is 0.471 e. The molecule has 25 heavy (non-hydrogen) atoms. The number of nitrogens with zero attached hydrogens (tertiary/aromatic N) is 2. The summed E-state index contributed by atoms with van der Waals surface area (Å²) in [5, 5.41) is 15.3. The third-order valence-electron chi connectivity index (χ3n) is 3.15. The van der Waals surface area contributed by atoms with E-state index in [0.29, 0.717) is 5.75 Å². The molecule has 7 nitrogen and oxygen atoms in total. The largest absolute Gasteiger partial charge is 0.490 e. The molecule has 0 bridgehead atoms. The Balaban J connectivity index is 1.74. The fourth-order valence-corrected chi connectivity index (χ4v) is 1.85. The number of aliphatic hydroxyl groups excluding tert-OH is 1. The van der Waals surface area contributed by atoms with E-state index in [2.05, 4.69) is 20.0 Å². The number of rotatable bonds is 7. The van der Waals surface area contributed by atoms with Crippen LogP contribution in [0.5, 0.6) is 5.75 Å². The molecule has 1 atom stereocenters. The van der Waals surface area contributed by atoms with Crippen molar-refractivity contribution in [3.63, 3.8) is 0 Å². The van der Waals surface area contributed by atoms with Crippen LogP contribution in [0.3, 0.4) is 0 Å². The number of amides is 1. The van der Waals surface area contributed by atoms with Crippen molar-refractivity contribution in [2.45, 2.75) is 25.6 Å². The highest BCUT2D eigenvalue weighted by Crippen LogP contribution is 2.27. The van der Waals surface area contributed by atoms with Gasteiger partial charge < -0.3 is 19.7 Å². The van der Waals surface area contributed by atoms with Crippen molar-refractivity contribution >= 4 is 5.91 Å². The average molecular weight is 359 g/mol. The molecule has 0 spiro atoms. The highest BCUT2D eigenvalue weighted by Gasteiger charge is 2.38. The quantitative estimate of drug-likeness (QED) is 0.778. The van der Waals surface area contributed by atoms with Crippen molar-refractivity contribution in [3.8, 4) is 5.75 Å². The summed E-state index contributed by atoms with van der Waals surface area (Å²) >= 11 is 0. The number of para-hydroxylation sites is 1. The van der Waals surface area contributed by atoms with Crippen LogP contribution in [0.1, 0.15) is 17.3 Å². The van der Waals surface area contributed by atoms with Gasteiger partial charge in [-0.2, -0.15) is 18.2 Å². The van der Waals surface area contributed by atoms with E-state index in [9.17, 15) is 23.1 Å². The molecular weight excluding hydrogens is 343 g/mol. The number of hydrogen-bond donors (Lipinski definition) is 2. The summed E-state index contributed by atoms with van der Waals surface area (Å²) in [4.78, 5) is 14.9. The SMILES string of the molecule is Cc1ccccc1OC[C@@H](O)C(=O)NCCc1noc(C(F)(F)F)n1. The Bertz CT molecular complexity index is 718. The highest BCUT2D eigenvalue weighted by molar-refractivity contribution is 5.80. The predicted octanol–water partition coefficient (Wildman–Crippen LogP) is 1.50. The van der Waals surface area contributed by atoms with Crippen molar-refractivity contribution in [2.24, 2.45) is 0 Å². The number of nitrogens with one attached hydrogen (secondary N) is 1. The zero-order valence-corrected chi connectivity index (χ0v) is 13.2. The van der Waals surface area contributed by atoms with Crippen LogP contribution in [-0.4, -0.2) is 40.4 Å². The fraction of sp³-hybridized carbons (Fsp3) is 0.400. The first kappa shape index (κ1) is 18.7. The molecule has 136 valence electrons. The van der Waals surface area contributed by atoms with Crippen LogP contribution < -0.4 is 10.1 Å². The van der Waals surface area contributed by atoms with Gasteiger partial charge in [-0.1, -0.05) is 23.4 Å². The van der Waals surface area contributed by atoms with Crippen molar-refractivity contribution in [1.82, 2.24) is 15.5 Å². The Kier molecular flexibility index (Phi) is 5.97. The van der Waals surface area contributed by atoms with Gasteiger partial charge in [-0.05, 0) is 18.6 Å². The molecule has 0 aliphatic carbocycles. The monoisotopic (exact) mass is 359 g/mol. The number of aromatic nitrogens is 2. The Labute approximate surface area is 140 Å². The average Bonchev–Trinajstić information content (AvgIpc) is 3.03. The smallest absolute Gasteiger partial charge is 0.471 e. The normalized spacial score (nSPS) is 12.7. The molecule has 0 radical (unpaired) electrons. The Hall–Kier alpha value is -2.62. The summed E-state index contributed by atoms with van der Waals surface area (Å²) in [6.45, 7) is 1.51. The second-order valence-electron chi connectivity index (χ2n) is 5.15. The molecule has 2 rings (SSSR count). The molecule has 0 aliphatic heterocycles. The van der Waals surface area contributed by atoms with Crippen LogP contribution in [0, 0.1) is 6.92 Å². The van der Waals surface area contributed by atoms with Gasteiger partial charge in [-0.15, -0.1) is 0 Å². The number of aryl methyl sites for hydroxylation is 1. The van der Waals surface area contributed by atoms with Crippen molar-refractivity contribution in [3.05, 3.63) is 41.5 Å². The molecule has 0 aliphatic rings. The highest BCUT2D eigenvalue weighted by atomic mass is 19.4. The van der Waals surface area contributed by atoms with Crippen LogP contribution in [-0.2, 0) is 17.4 Å². The van der Waals surface area contributed by atoms with Crippen LogP contribution >= 0.6 is 0 Å². The molecule has 1 aromatic heterocycles. The first-order valence-corrected chi connectivity index (χ1v) is 7.31. The van der Waals surface area contributed by atoms with Gasteiger partial charge in [0, 0.05) is 13.0 Å². The molecule has 2 N–H and O–H groups in total. The number of carbonyl (C=O) groups excluding carboxylic acids is 1. The Morgan fingerprint density at radius 2 is 2.12 bits per heavy atom. The number of halogens is 3. The molecule has 0 unspecified atom stereocenters. The number of ether oxygens (including phenoxy) is 1. The summed E-state index contributed by atoms with van der Waals surface area (Å²) in [6.07, 6.45) is -6.20. The second kappa shape index (κ2) is 7.97. The molecule has 0 saturated heterocycles. The number of aliphatic hydroxyl groups is 1. The van der Waals surface area contributed by atoms with Crippen LogP contribution in [0.25, 0.3) is 0 Å². The van der Waals surface area contributed by atoms with Gasteiger partial charge in [-0.25, -0.2) is 0 Å². The molecule has 0 saturated carbocycles. The van der Waals surface area contributed by atoms with E-state index in [4.69, 9.17) is 4.74 Å². The van der Waals surface area contributed by atoms with E-state index >= 15 is 0 Å². The van der Waals surface area contributed by atoms with Crippen molar-refractivity contribution in [2.75, 3.05) is 13.2 Å². The van der Waals surface area contributed by atoms with E-state index in [1.165, 1.54) is 0 Å². The molecular formula is C15H16F3N3O4. The van der Waals surface area contributed by atoms with E-state index in [1.807, 2.05) is 19.1 Å². The first-order chi connectivity index (χ1) is 11.8. The van der Waals surface area contributed by atoms with Gasteiger partial charge in [0.2, 0.25) is 0 Å². The van der Waals surface area contributed by atoms with Crippen LogP contribution in [0.15, 0.2) is 28.8 Å². The van der Waals surface area contributed by atoms with Gasteiger partial charge in [0.25, 0.3) is 5.91 Å². The van der Waals surface area contributed by atoms with Crippen LogP contribution in [0.4, 0.5) is 13.2 Å². The van der Waals surface area contributed by atoms with Crippen LogP contribution in [0.2, 0.25) is 0 Å². The minimum atomic E-state index is -4.71. The second-order valence-corrected chi connectivity index (χ2v) is 5.15. The topological polar surface area (TPSA) is 97.5 Å². The third kappa shape index (κ3) is 5.45. The summed E-state index contributed by atoms with van der Waals surface area (Å²) in [7, 11) is 0. The standard InChI is InChI=1S/C15H16F3N3O4/c1-9-4-2-3-5-11(9)24-8-10(22)13(23)19-7-6-12-20-14(25-21-12)15(16,17)18/h2-5,10,22H,6-8H2,1H3,(H,19,23)/t10-/m1/s1. The minimum Gasteiger partial charge on any atom is -0.490 e. The zero-order chi connectivity index (χ0) is 18.4. The van der Waals surface area contributed by atoms with Gasteiger partial charge >= 0.3 is 12.1 Å². The fourth-order valence-electron chi connectivity index (χ4n) is 1.85. The van der Waals surface area contributed by atoms with E-state index in [0.717, 1.165) is 5.56 Å². The maximum absolute atomic E-state index is 12.3. The summed E-state index contributed by atoms with van der Waals surface area (Å²) < 4.78 is 46.3. The van der Waals surface area contributed by atoms with E-state index in [1.54, 1.807) is 12.1 Å². The zero-order valence-electron chi connectivity index (χ0n) is 13.2.